The van der Waals surface area contributed by atoms with Gasteiger partial charge in [0.05, 0.1) is 6.61 Å². The Labute approximate surface area is 184 Å². The number of carbonyl (C=O) groups is 1. The molecule has 1 aromatic rings. The van der Waals surface area contributed by atoms with Crippen LogP contribution in [-0.2, 0) is 4.74 Å². The lowest BCUT2D eigenvalue weighted by atomic mass is 9.98. The van der Waals surface area contributed by atoms with Gasteiger partial charge in [-0.15, -0.1) is 11.8 Å². The molecule has 0 radical (unpaired) electrons. The lowest BCUT2D eigenvalue weighted by Crippen LogP contribution is -2.60. The summed E-state index contributed by atoms with van der Waals surface area (Å²) < 4.78 is 10.9. The third kappa shape index (κ3) is 5.38. The lowest BCUT2D eigenvalue weighted by Gasteiger charge is -2.39. The Morgan fingerprint density at radius 2 is 2.03 bits per heavy atom. The van der Waals surface area contributed by atoms with Gasteiger partial charge in [-0.05, 0) is 36.8 Å². The van der Waals surface area contributed by atoms with Crippen molar-refractivity contribution in [2.45, 2.75) is 37.1 Å². The Kier molecular flexibility index (Phi) is 7.93. The van der Waals surface area contributed by atoms with Crippen LogP contribution in [-0.4, -0.2) is 74.9 Å². The molecule has 1 fully saturated rings. The number of ether oxygens (including phenoxy) is 2. The topological polar surface area (TPSA) is 137 Å². The van der Waals surface area contributed by atoms with Gasteiger partial charge in [-0.1, -0.05) is 30.4 Å². The summed E-state index contributed by atoms with van der Waals surface area (Å²) in [5.41, 5.74) is -0.129. The van der Waals surface area contributed by atoms with E-state index in [1.54, 1.807) is 17.8 Å². The molecule has 9 heteroatoms. The number of hydrogen-bond donors (Lipinski definition) is 5. The van der Waals surface area contributed by atoms with E-state index in [0.717, 1.165) is 11.3 Å². The number of aliphatic hydroxyl groups excluding tert-OH is 4. The number of thioether (sulfide) groups is 1. The minimum atomic E-state index is -1.64. The van der Waals surface area contributed by atoms with Crippen molar-refractivity contribution in [2.24, 2.45) is 5.92 Å². The molecule has 1 saturated heterocycles. The summed E-state index contributed by atoms with van der Waals surface area (Å²) in [5, 5.41) is 49.6. The molecule has 0 aromatic heterocycles. The van der Waals surface area contributed by atoms with Crippen LogP contribution in [0.3, 0.4) is 0 Å². The van der Waals surface area contributed by atoms with Gasteiger partial charge in [0.25, 0.3) is 0 Å². The van der Waals surface area contributed by atoms with Gasteiger partial charge in [-0.25, -0.2) is 0 Å². The van der Waals surface area contributed by atoms with Crippen LogP contribution in [0, 0.1) is 5.92 Å². The van der Waals surface area contributed by atoms with Gasteiger partial charge in [0.15, 0.2) is 5.78 Å². The molecule has 168 valence electrons. The summed E-state index contributed by atoms with van der Waals surface area (Å²) in [6.45, 7) is -0.610. The number of aromatic hydroxyl groups is 1. The summed E-state index contributed by atoms with van der Waals surface area (Å²) in [4.78, 5) is 14.0. The second kappa shape index (κ2) is 10.4. The highest BCUT2D eigenvalue weighted by molar-refractivity contribution is 8.02. The molecule has 1 aliphatic carbocycles. The Balaban J connectivity index is 1.77. The molecule has 8 nitrogen and oxygen atoms in total. The van der Waals surface area contributed by atoms with Crippen LogP contribution in [0.2, 0.25) is 0 Å². The third-order valence-electron chi connectivity index (χ3n) is 5.17. The molecule has 0 bridgehead atoms. The van der Waals surface area contributed by atoms with E-state index < -0.39 is 43.1 Å². The van der Waals surface area contributed by atoms with E-state index in [-0.39, 0.29) is 23.0 Å². The van der Waals surface area contributed by atoms with Crippen molar-refractivity contribution >= 4 is 17.5 Å². The van der Waals surface area contributed by atoms with Crippen molar-refractivity contribution in [1.82, 2.24) is 0 Å². The zero-order chi connectivity index (χ0) is 22.5. The molecule has 31 heavy (non-hydrogen) atoms. The van der Waals surface area contributed by atoms with Crippen molar-refractivity contribution in [2.75, 3.05) is 12.9 Å². The fourth-order valence-corrected chi connectivity index (χ4v) is 3.84. The minimum Gasteiger partial charge on any atom is -0.507 e. The standard InChI is InChI=1S/C22H26O8S/c1-31-13-8-5-12(6-9-13)7-10-15(25)18-14(24)3-2-4-16(18)29-22-21(28)20(27)19(26)17(11-23)30-22/h2-5,7-10,12,17,19-24,26-28H,6,11H2,1H3/t12?,17-,19-,20+,21-,22-/m1/s1. The predicted molar refractivity (Wildman–Crippen MR) is 115 cm³/mol. The number of phenolic OH excluding ortho intramolecular Hbond substituents is 1. The fraction of sp³-hybridized carbons (Fsp3) is 0.409. The molecule has 0 spiro atoms. The van der Waals surface area contributed by atoms with Crippen LogP contribution in [0.15, 0.2) is 53.5 Å². The van der Waals surface area contributed by atoms with Gasteiger partial charge in [-0.2, -0.15) is 0 Å². The van der Waals surface area contributed by atoms with Gasteiger partial charge in [0, 0.05) is 4.91 Å². The van der Waals surface area contributed by atoms with Crippen LogP contribution < -0.4 is 4.74 Å². The maximum absolute atomic E-state index is 12.8. The van der Waals surface area contributed by atoms with Gasteiger partial charge in [0.1, 0.15) is 41.5 Å². The maximum Gasteiger partial charge on any atom is 0.229 e. The summed E-state index contributed by atoms with van der Waals surface area (Å²) in [7, 11) is 0. The Bertz CT molecular complexity index is 878. The summed E-state index contributed by atoms with van der Waals surface area (Å²) in [5.74, 6) is -0.852. The van der Waals surface area contributed by atoms with Crippen molar-refractivity contribution in [3.05, 3.63) is 59.0 Å². The number of carbonyl (C=O) groups excluding carboxylic acids is 1. The van der Waals surface area contributed by atoms with Gasteiger partial charge in [-0.3, -0.25) is 4.79 Å². The highest BCUT2D eigenvalue weighted by Crippen LogP contribution is 2.32. The highest BCUT2D eigenvalue weighted by atomic mass is 32.2. The number of rotatable bonds is 7. The van der Waals surface area contributed by atoms with Crippen molar-refractivity contribution in [3.8, 4) is 11.5 Å². The average molecular weight is 451 g/mol. The highest BCUT2D eigenvalue weighted by Gasteiger charge is 2.45. The summed E-state index contributed by atoms with van der Waals surface area (Å²) >= 11 is 1.64. The van der Waals surface area contributed by atoms with Crippen LogP contribution in [0.5, 0.6) is 11.5 Å². The molecule has 1 aliphatic heterocycles. The monoisotopic (exact) mass is 450 g/mol. The van der Waals surface area contributed by atoms with E-state index >= 15 is 0 Å². The van der Waals surface area contributed by atoms with Crippen LogP contribution >= 0.6 is 11.8 Å². The largest absolute Gasteiger partial charge is 0.507 e. The summed E-state index contributed by atoms with van der Waals surface area (Å²) in [6.07, 6.45) is 4.48. The van der Waals surface area contributed by atoms with Crippen LogP contribution in [0.25, 0.3) is 0 Å². The predicted octanol–water partition coefficient (Wildman–Crippen LogP) is 1.13. The first kappa shape index (κ1) is 23.5. The molecule has 0 amide bonds. The first-order valence-electron chi connectivity index (χ1n) is 9.79. The van der Waals surface area contributed by atoms with Gasteiger partial charge < -0.3 is 35.0 Å². The Morgan fingerprint density at radius 1 is 1.26 bits per heavy atom. The minimum absolute atomic E-state index is 0.0421. The van der Waals surface area contributed by atoms with E-state index in [4.69, 9.17) is 9.47 Å². The van der Waals surface area contributed by atoms with E-state index in [2.05, 4.69) is 6.08 Å². The third-order valence-corrected chi connectivity index (χ3v) is 5.95. The van der Waals surface area contributed by atoms with Crippen molar-refractivity contribution in [3.63, 3.8) is 0 Å². The average Bonchev–Trinajstić information content (AvgIpc) is 2.78. The van der Waals surface area contributed by atoms with E-state index in [9.17, 15) is 30.3 Å². The second-order valence-corrected chi connectivity index (χ2v) is 8.14. The van der Waals surface area contributed by atoms with Gasteiger partial charge in [0.2, 0.25) is 6.29 Å². The number of aliphatic hydroxyl groups is 4. The molecule has 1 unspecified atom stereocenters. The molecule has 1 heterocycles. The molecule has 0 saturated carbocycles. The number of phenols is 1. The maximum atomic E-state index is 12.8. The number of ketones is 1. The fourth-order valence-electron chi connectivity index (χ4n) is 3.36. The Hall–Kier alpha value is -2.14. The van der Waals surface area contributed by atoms with Crippen molar-refractivity contribution < 1.29 is 39.8 Å². The normalized spacial score (nSPS) is 30.9. The molecule has 5 N–H and O–H groups in total. The van der Waals surface area contributed by atoms with Crippen molar-refractivity contribution in [1.29, 1.82) is 0 Å². The molecule has 1 aromatic carbocycles. The second-order valence-electron chi connectivity index (χ2n) is 7.26. The van der Waals surface area contributed by atoms with E-state index in [1.165, 1.54) is 24.3 Å². The molecular formula is C22H26O8S. The number of benzene rings is 1. The van der Waals surface area contributed by atoms with Crippen LogP contribution in [0.1, 0.15) is 16.8 Å². The molecule has 2 aliphatic rings. The number of allylic oxidation sites excluding steroid dienone is 5. The molecular weight excluding hydrogens is 424 g/mol. The van der Waals surface area contributed by atoms with Crippen LogP contribution in [0.4, 0.5) is 0 Å². The first-order chi connectivity index (χ1) is 14.8. The summed E-state index contributed by atoms with van der Waals surface area (Å²) in [6, 6.07) is 4.19. The number of hydrogen-bond acceptors (Lipinski definition) is 9. The molecule has 6 atom stereocenters. The quantitative estimate of drug-likeness (QED) is 0.306. The van der Waals surface area contributed by atoms with E-state index in [0.29, 0.717) is 0 Å². The molecule has 3 rings (SSSR count). The zero-order valence-corrected chi connectivity index (χ0v) is 17.7. The SMILES string of the molecule is CSC1=CCC(C=CC(=O)c2c(O)cccc2O[C@@H]2O[C@H](CO)[C@@H](O)[C@H](O)[C@H]2O)C=C1. The lowest BCUT2D eigenvalue weighted by molar-refractivity contribution is -0.277. The Morgan fingerprint density at radius 3 is 2.68 bits per heavy atom. The zero-order valence-electron chi connectivity index (χ0n) is 16.9. The first-order valence-corrected chi connectivity index (χ1v) is 11.0. The smallest absolute Gasteiger partial charge is 0.229 e. The van der Waals surface area contributed by atoms with E-state index in [1.807, 2.05) is 18.4 Å². The van der Waals surface area contributed by atoms with Gasteiger partial charge >= 0.3 is 0 Å².